The number of pyridine rings is 1. The molecule has 1 aromatic carbocycles. The highest BCUT2D eigenvalue weighted by atomic mass is 19.4. The predicted molar refractivity (Wildman–Crippen MR) is 92.0 cm³/mol. The van der Waals surface area contributed by atoms with E-state index in [0.29, 0.717) is 0 Å². The fourth-order valence-corrected chi connectivity index (χ4v) is 3.22. The quantitative estimate of drug-likeness (QED) is 0.844. The number of likely N-dealkylation sites (tertiary alicyclic amines) is 1. The van der Waals surface area contributed by atoms with Crippen LogP contribution in [0.3, 0.4) is 0 Å². The second kappa shape index (κ2) is 7.87. The zero-order valence-corrected chi connectivity index (χ0v) is 14.6. The number of amides is 1. The van der Waals surface area contributed by atoms with Crippen LogP contribution >= 0.6 is 0 Å². The van der Waals surface area contributed by atoms with Gasteiger partial charge in [0.1, 0.15) is 0 Å². The number of alkyl halides is 3. The number of carbonyl (C=O) groups excluding carboxylic acids is 1. The second-order valence-electron chi connectivity index (χ2n) is 6.46. The zero-order valence-electron chi connectivity index (χ0n) is 14.6. The summed E-state index contributed by atoms with van der Waals surface area (Å²) >= 11 is 0. The topological polar surface area (TPSA) is 79.7 Å². The molecule has 0 bridgehead atoms. The fraction of sp³-hybridized carbons (Fsp3) is 0.316. The Morgan fingerprint density at radius 2 is 1.89 bits per heavy atom. The van der Waals surface area contributed by atoms with Gasteiger partial charge in [-0.15, -0.1) is 0 Å². The third-order valence-corrected chi connectivity index (χ3v) is 4.52. The zero-order chi connectivity index (χ0) is 20.3. The van der Waals surface area contributed by atoms with Crippen molar-refractivity contribution >= 4 is 11.9 Å². The number of carboxylic acids is 1. The van der Waals surface area contributed by atoms with Crippen LogP contribution < -0.4 is 4.74 Å². The minimum absolute atomic E-state index is 0.00872. The number of rotatable bonds is 5. The molecule has 2 aromatic rings. The van der Waals surface area contributed by atoms with Gasteiger partial charge in [-0.05, 0) is 11.6 Å². The lowest BCUT2D eigenvalue weighted by Gasteiger charge is -2.17. The molecule has 148 valence electrons. The first-order valence-corrected chi connectivity index (χ1v) is 8.47. The van der Waals surface area contributed by atoms with Crippen molar-refractivity contribution in [1.29, 1.82) is 0 Å². The van der Waals surface area contributed by atoms with Crippen LogP contribution in [0.2, 0.25) is 0 Å². The normalized spacial score (nSPS) is 19.5. The Kier molecular flexibility index (Phi) is 5.53. The summed E-state index contributed by atoms with van der Waals surface area (Å²) in [7, 11) is 0. The van der Waals surface area contributed by atoms with Crippen molar-refractivity contribution < 1.29 is 32.6 Å². The van der Waals surface area contributed by atoms with Gasteiger partial charge in [0.2, 0.25) is 5.88 Å². The van der Waals surface area contributed by atoms with Gasteiger partial charge >= 0.3 is 12.1 Å². The van der Waals surface area contributed by atoms with Gasteiger partial charge in [0.05, 0.1) is 5.92 Å². The number of nitrogens with zero attached hydrogens (tertiary/aromatic N) is 2. The molecule has 1 amide bonds. The van der Waals surface area contributed by atoms with Gasteiger partial charge in [0.15, 0.2) is 6.61 Å². The molecule has 9 heteroatoms. The number of carboxylic acid groups (broad SMARTS) is 1. The molecular formula is C19H17F3N2O4. The van der Waals surface area contributed by atoms with Crippen molar-refractivity contribution in [2.75, 3.05) is 19.7 Å². The first kappa shape index (κ1) is 19.7. The highest BCUT2D eigenvalue weighted by molar-refractivity contribution is 5.95. The molecule has 3 rings (SSSR count). The van der Waals surface area contributed by atoms with Crippen molar-refractivity contribution in [3.63, 3.8) is 0 Å². The molecule has 1 aromatic heterocycles. The van der Waals surface area contributed by atoms with Crippen LogP contribution in [0.5, 0.6) is 5.88 Å². The van der Waals surface area contributed by atoms with Crippen molar-refractivity contribution in [2.24, 2.45) is 5.92 Å². The third kappa shape index (κ3) is 4.59. The average Bonchev–Trinajstić information content (AvgIpc) is 3.12. The molecule has 0 saturated carbocycles. The van der Waals surface area contributed by atoms with Crippen molar-refractivity contribution in [3.8, 4) is 5.88 Å². The number of benzene rings is 1. The van der Waals surface area contributed by atoms with Crippen LogP contribution in [0.25, 0.3) is 0 Å². The van der Waals surface area contributed by atoms with Gasteiger partial charge in [-0.3, -0.25) is 9.59 Å². The highest BCUT2D eigenvalue weighted by Crippen LogP contribution is 2.33. The lowest BCUT2D eigenvalue weighted by atomic mass is 9.89. The van der Waals surface area contributed by atoms with Crippen LogP contribution in [-0.4, -0.2) is 52.7 Å². The molecule has 1 aliphatic rings. The van der Waals surface area contributed by atoms with Crippen molar-refractivity contribution in [1.82, 2.24) is 9.88 Å². The van der Waals surface area contributed by atoms with Gasteiger partial charge in [-0.25, -0.2) is 4.98 Å². The Bertz CT molecular complexity index is 858. The van der Waals surface area contributed by atoms with E-state index < -0.39 is 30.6 Å². The number of hydrogen-bond donors (Lipinski definition) is 1. The first-order valence-electron chi connectivity index (χ1n) is 8.47. The molecule has 0 radical (unpaired) electrons. The molecule has 1 N–H and O–H groups in total. The van der Waals surface area contributed by atoms with Crippen LogP contribution in [0.15, 0.2) is 48.7 Å². The Morgan fingerprint density at radius 1 is 1.18 bits per heavy atom. The smallest absolute Gasteiger partial charge is 0.422 e. The van der Waals surface area contributed by atoms with Gasteiger partial charge in [0, 0.05) is 36.8 Å². The minimum Gasteiger partial charge on any atom is -0.481 e. The molecule has 0 unspecified atom stereocenters. The predicted octanol–water partition coefficient (Wildman–Crippen LogP) is 2.96. The maximum absolute atomic E-state index is 12.8. The summed E-state index contributed by atoms with van der Waals surface area (Å²) in [6.07, 6.45) is -3.34. The maximum atomic E-state index is 12.8. The average molecular weight is 394 g/mol. The van der Waals surface area contributed by atoms with Gasteiger partial charge in [-0.1, -0.05) is 30.3 Å². The molecule has 2 heterocycles. The maximum Gasteiger partial charge on any atom is 0.422 e. The van der Waals surface area contributed by atoms with E-state index in [1.807, 2.05) is 18.2 Å². The van der Waals surface area contributed by atoms with E-state index in [1.165, 1.54) is 17.2 Å². The Labute approximate surface area is 158 Å². The Hall–Kier alpha value is -3.10. The lowest BCUT2D eigenvalue weighted by Crippen LogP contribution is -2.30. The lowest BCUT2D eigenvalue weighted by molar-refractivity contribution is -0.154. The number of carbonyl (C=O) groups is 2. The summed E-state index contributed by atoms with van der Waals surface area (Å²) in [6.45, 7) is -1.31. The van der Waals surface area contributed by atoms with Crippen molar-refractivity contribution in [3.05, 3.63) is 59.8 Å². The monoisotopic (exact) mass is 394 g/mol. The van der Waals surface area contributed by atoms with Crippen LogP contribution in [-0.2, 0) is 4.79 Å². The number of aromatic nitrogens is 1. The molecular weight excluding hydrogens is 377 g/mol. The van der Waals surface area contributed by atoms with E-state index in [9.17, 15) is 27.9 Å². The SMILES string of the molecule is O=C(O)[C@@H]1CN(C(=O)c2ccnc(OCC(F)(F)F)c2)C[C@@H]1c1ccccc1. The summed E-state index contributed by atoms with van der Waals surface area (Å²) in [4.78, 5) is 29.5. The number of aliphatic carboxylic acids is 1. The van der Waals surface area contributed by atoms with E-state index in [0.717, 1.165) is 11.6 Å². The van der Waals surface area contributed by atoms with Gasteiger partial charge in [-0.2, -0.15) is 13.2 Å². The van der Waals surface area contributed by atoms with E-state index in [2.05, 4.69) is 9.72 Å². The Balaban J connectivity index is 1.76. The molecule has 28 heavy (non-hydrogen) atoms. The number of hydrogen-bond acceptors (Lipinski definition) is 4. The molecule has 1 aliphatic heterocycles. The second-order valence-corrected chi connectivity index (χ2v) is 6.46. The minimum atomic E-state index is -4.52. The van der Waals surface area contributed by atoms with Crippen LogP contribution in [0.1, 0.15) is 21.8 Å². The summed E-state index contributed by atoms with van der Waals surface area (Å²) < 4.78 is 41.4. The molecule has 0 spiro atoms. The standard InChI is InChI=1S/C19H17F3N2O4/c20-19(21,22)11-28-16-8-13(6-7-23-16)17(25)24-9-14(15(10-24)18(26)27)12-4-2-1-3-5-12/h1-8,14-15H,9-11H2,(H,26,27)/t14-,15-/m1/s1. The Morgan fingerprint density at radius 3 is 2.54 bits per heavy atom. The highest BCUT2D eigenvalue weighted by Gasteiger charge is 2.40. The summed E-state index contributed by atoms with van der Waals surface area (Å²) in [5.41, 5.74) is 0.902. The molecule has 1 fully saturated rings. The summed E-state index contributed by atoms with van der Waals surface area (Å²) in [6, 6.07) is 11.5. The van der Waals surface area contributed by atoms with E-state index >= 15 is 0 Å². The molecule has 0 aliphatic carbocycles. The van der Waals surface area contributed by atoms with E-state index in [-0.39, 0.29) is 30.5 Å². The van der Waals surface area contributed by atoms with Gasteiger partial charge in [0.25, 0.3) is 5.91 Å². The van der Waals surface area contributed by atoms with Crippen LogP contribution in [0, 0.1) is 5.92 Å². The number of ether oxygens (including phenoxy) is 1. The van der Waals surface area contributed by atoms with E-state index in [4.69, 9.17) is 0 Å². The number of halogens is 3. The largest absolute Gasteiger partial charge is 0.481 e. The van der Waals surface area contributed by atoms with E-state index in [1.54, 1.807) is 12.1 Å². The molecule has 6 nitrogen and oxygen atoms in total. The van der Waals surface area contributed by atoms with Crippen molar-refractivity contribution in [2.45, 2.75) is 12.1 Å². The summed E-state index contributed by atoms with van der Waals surface area (Å²) in [5.74, 6) is -2.95. The first-order chi connectivity index (χ1) is 13.2. The molecule has 1 saturated heterocycles. The van der Waals surface area contributed by atoms with Crippen LogP contribution in [0.4, 0.5) is 13.2 Å². The third-order valence-electron chi connectivity index (χ3n) is 4.52. The summed E-state index contributed by atoms with van der Waals surface area (Å²) in [5, 5.41) is 9.53. The molecule has 2 atom stereocenters. The van der Waals surface area contributed by atoms with Gasteiger partial charge < -0.3 is 14.7 Å². The fourth-order valence-electron chi connectivity index (χ4n) is 3.22.